The molecule has 3 aromatic rings. The van der Waals surface area contributed by atoms with Crippen LogP contribution in [0.3, 0.4) is 0 Å². The first kappa shape index (κ1) is 22.0. The van der Waals surface area contributed by atoms with Gasteiger partial charge in [0.1, 0.15) is 5.69 Å². The maximum Gasteiger partial charge on any atom is 0.385 e. The summed E-state index contributed by atoms with van der Waals surface area (Å²) in [5.74, 6) is 0. The summed E-state index contributed by atoms with van der Waals surface area (Å²) in [6.07, 6.45) is 5.40. The molecule has 3 aromatic heterocycles. The molecule has 0 unspecified atom stereocenters. The fraction of sp³-hybridized carbons (Fsp3) is 0. The molecule has 16 nitrogen and oxygen atoms in total. The van der Waals surface area contributed by atoms with Crippen molar-refractivity contribution in [1.29, 1.82) is 0 Å². The molecule has 1 N–H and O–H groups in total. The van der Waals surface area contributed by atoms with Crippen molar-refractivity contribution in [2.24, 2.45) is 0 Å². The van der Waals surface area contributed by atoms with Crippen molar-refractivity contribution < 1.29 is 19.8 Å². The highest BCUT2D eigenvalue weighted by molar-refractivity contribution is 5.96. The van der Waals surface area contributed by atoms with Gasteiger partial charge < -0.3 is 4.98 Å². The Kier molecular flexibility index (Phi) is 4.83. The molecule has 0 fully saturated rings. The lowest BCUT2D eigenvalue weighted by Crippen LogP contribution is -2.10. The first-order valence-corrected chi connectivity index (χ1v) is 9.89. The number of nitrogens with zero attached hydrogens (tertiary/aromatic N) is 7. The molecule has 5 heterocycles. The minimum Gasteiger partial charge on any atom is -0.355 e. The van der Waals surface area contributed by atoms with Crippen molar-refractivity contribution in [2.75, 3.05) is 0 Å². The Morgan fingerprint density at radius 2 is 1.19 bits per heavy atom. The van der Waals surface area contributed by atoms with E-state index in [1.807, 2.05) is 0 Å². The zero-order chi connectivity index (χ0) is 25.7. The third-order valence-corrected chi connectivity index (χ3v) is 5.28. The van der Waals surface area contributed by atoms with Crippen LogP contribution in [-0.4, -0.2) is 39.4 Å². The van der Waals surface area contributed by atoms with E-state index < -0.39 is 53.6 Å². The Morgan fingerprint density at radius 3 is 1.75 bits per heavy atom. The number of hydrogen-bond donors (Lipinski definition) is 1. The molecular weight excluding hydrogens is 480 g/mol. The maximum atomic E-state index is 12.1. The van der Waals surface area contributed by atoms with E-state index in [2.05, 4.69) is 15.0 Å². The van der Waals surface area contributed by atoms with E-state index in [1.165, 1.54) is 24.3 Å². The van der Waals surface area contributed by atoms with E-state index in [1.54, 1.807) is 18.2 Å². The highest BCUT2D eigenvalue weighted by Crippen LogP contribution is 2.43. The van der Waals surface area contributed by atoms with E-state index in [0.29, 0.717) is 16.7 Å². The summed E-state index contributed by atoms with van der Waals surface area (Å²) in [4.78, 5) is 55.8. The number of aromatic nitrogens is 4. The molecule has 36 heavy (non-hydrogen) atoms. The van der Waals surface area contributed by atoms with Crippen molar-refractivity contribution in [3.05, 3.63) is 93.6 Å². The number of fused-ring (bicyclic) bond motifs is 8. The zero-order valence-corrected chi connectivity index (χ0v) is 17.6. The lowest BCUT2D eigenvalue weighted by Gasteiger charge is -1.96. The molecule has 2 aliphatic heterocycles. The van der Waals surface area contributed by atoms with Crippen molar-refractivity contribution in [3.8, 4) is 0 Å². The van der Waals surface area contributed by atoms with E-state index in [0.717, 1.165) is 12.1 Å². The third kappa shape index (κ3) is 3.50. The van der Waals surface area contributed by atoms with Gasteiger partial charge in [-0.2, -0.15) is 0 Å². The monoisotopic (exact) mass is 490 g/mol. The van der Waals surface area contributed by atoms with Crippen LogP contribution in [0.15, 0.2) is 30.3 Å². The minimum atomic E-state index is -1.42. The van der Waals surface area contributed by atoms with Gasteiger partial charge in [-0.15, -0.1) is 0 Å². The summed E-state index contributed by atoms with van der Waals surface area (Å²) < 4.78 is -0.0489. The molecule has 0 spiro atoms. The number of nitro groups is 4. The van der Waals surface area contributed by atoms with Gasteiger partial charge >= 0.3 is 17.1 Å². The Labute approximate surface area is 197 Å². The number of nitrogens with one attached hydrogen (secondary N) is 1. The second kappa shape index (κ2) is 7.90. The SMILES string of the molecule is O=[N+]([O-])c1c([N+](=O)[O-])c2c([N+](=O)[O-])c3nc(cc4ccc(cc5nc(cc1n2[N+](=O)[O-])C=C5)[nH]4)C=C3. The lowest BCUT2D eigenvalue weighted by atomic mass is 10.2. The quantitative estimate of drug-likeness (QED) is 0.283. The third-order valence-electron chi connectivity index (χ3n) is 5.28. The second-order valence-electron chi connectivity index (χ2n) is 7.45. The van der Waals surface area contributed by atoms with Crippen LogP contribution in [0.2, 0.25) is 0 Å². The normalized spacial score (nSPS) is 12.0. The minimum absolute atomic E-state index is 0.00629. The topological polar surface area (TPSA) is 219 Å². The van der Waals surface area contributed by atoms with Crippen LogP contribution in [-0.2, 0) is 0 Å². The maximum absolute atomic E-state index is 12.1. The zero-order valence-electron chi connectivity index (χ0n) is 17.6. The molecule has 0 saturated carbocycles. The summed E-state index contributed by atoms with van der Waals surface area (Å²) in [6.45, 7) is 0. The largest absolute Gasteiger partial charge is 0.385 e. The molecule has 5 rings (SSSR count). The van der Waals surface area contributed by atoms with Crippen LogP contribution in [0.5, 0.6) is 0 Å². The van der Waals surface area contributed by atoms with E-state index in [9.17, 15) is 40.5 Å². The van der Waals surface area contributed by atoms with Crippen LogP contribution in [0.25, 0.3) is 46.4 Å². The average molecular weight is 490 g/mol. The van der Waals surface area contributed by atoms with E-state index >= 15 is 0 Å². The molecule has 0 aliphatic carbocycles. The highest BCUT2D eigenvalue weighted by atomic mass is 16.7. The summed E-state index contributed by atoms with van der Waals surface area (Å²) in [7, 11) is 0. The number of rotatable bonds is 4. The van der Waals surface area contributed by atoms with Crippen LogP contribution in [0, 0.1) is 40.5 Å². The first-order valence-electron chi connectivity index (χ1n) is 9.89. The standard InChI is InChI=1S/C20H10N8O8/c29-25(30)17-15-6-5-13(23-15)8-12-2-1-10(21-12)7-11-3-4-14(22-11)9-16-18(26(31)32)20(27(33)34)19(17)24(16)28(35)36/h1-9,21H. The fourth-order valence-corrected chi connectivity index (χ4v) is 3.92. The smallest absolute Gasteiger partial charge is 0.355 e. The molecule has 0 radical (unpaired) electrons. The van der Waals surface area contributed by atoms with Gasteiger partial charge in [-0.25, -0.2) is 20.1 Å². The highest BCUT2D eigenvalue weighted by Gasteiger charge is 2.44. The summed E-state index contributed by atoms with van der Waals surface area (Å²) in [5.41, 5.74) is -4.64. The summed E-state index contributed by atoms with van der Waals surface area (Å²) in [6, 6.07) is 7.49. The Morgan fingerprint density at radius 1 is 0.667 bits per heavy atom. The molecule has 0 aromatic carbocycles. The molecule has 2 aliphatic rings. The van der Waals surface area contributed by atoms with Gasteiger partial charge in [-0.05, 0) is 53.2 Å². The lowest BCUT2D eigenvalue weighted by molar-refractivity contribution is -0.534. The van der Waals surface area contributed by atoms with Crippen molar-refractivity contribution >= 4 is 63.4 Å². The first-order chi connectivity index (χ1) is 17.1. The molecule has 178 valence electrons. The number of H-pyrrole nitrogens is 1. The van der Waals surface area contributed by atoms with Crippen LogP contribution < -0.4 is 0 Å². The summed E-state index contributed by atoms with van der Waals surface area (Å²) >= 11 is 0. The molecule has 0 saturated heterocycles. The summed E-state index contributed by atoms with van der Waals surface area (Å²) in [5, 5.41) is 46.8. The van der Waals surface area contributed by atoms with Gasteiger partial charge in [0, 0.05) is 17.1 Å². The molecule has 0 atom stereocenters. The van der Waals surface area contributed by atoms with Gasteiger partial charge in [-0.3, -0.25) is 30.3 Å². The molecule has 0 amide bonds. The molecule has 8 bridgehead atoms. The van der Waals surface area contributed by atoms with Crippen molar-refractivity contribution in [1.82, 2.24) is 19.6 Å². The van der Waals surface area contributed by atoms with Gasteiger partial charge in [-0.1, -0.05) is 0 Å². The van der Waals surface area contributed by atoms with Crippen LogP contribution in [0.1, 0.15) is 22.8 Å². The molecular formula is C20H10N8O8. The Bertz CT molecular complexity index is 1760. The van der Waals surface area contributed by atoms with Crippen LogP contribution >= 0.6 is 0 Å². The second-order valence-corrected chi connectivity index (χ2v) is 7.45. The Hall–Kier alpha value is -5.80. The molecule has 16 heteroatoms. The van der Waals surface area contributed by atoms with Crippen molar-refractivity contribution in [2.45, 2.75) is 0 Å². The van der Waals surface area contributed by atoms with Gasteiger partial charge in [0.2, 0.25) is 0 Å². The number of aromatic amines is 1. The van der Waals surface area contributed by atoms with E-state index in [-0.39, 0.29) is 16.1 Å². The van der Waals surface area contributed by atoms with Gasteiger partial charge in [0.15, 0.2) is 10.5 Å². The predicted molar refractivity (Wildman–Crippen MR) is 125 cm³/mol. The van der Waals surface area contributed by atoms with Crippen LogP contribution in [0.4, 0.5) is 17.1 Å². The average Bonchev–Trinajstić information content (AvgIpc) is 3.56. The van der Waals surface area contributed by atoms with E-state index in [4.69, 9.17) is 0 Å². The van der Waals surface area contributed by atoms with Gasteiger partial charge in [0.05, 0.1) is 31.9 Å². The number of hydrogen-bond acceptors (Lipinski definition) is 10. The van der Waals surface area contributed by atoms with Crippen molar-refractivity contribution in [3.63, 3.8) is 0 Å². The Balaban J connectivity index is 2.14. The fourth-order valence-electron chi connectivity index (χ4n) is 3.92. The predicted octanol–water partition coefficient (Wildman–Crippen LogP) is 3.89. The van der Waals surface area contributed by atoms with Gasteiger partial charge in [0.25, 0.3) is 5.52 Å².